The van der Waals surface area contributed by atoms with Crippen molar-refractivity contribution in [2.75, 3.05) is 13.2 Å². The second-order valence-electron chi connectivity index (χ2n) is 11.2. The van der Waals surface area contributed by atoms with Gasteiger partial charge in [0.15, 0.2) is 12.4 Å². The molecular formula is C25H34N2O5. The van der Waals surface area contributed by atoms with Crippen molar-refractivity contribution < 1.29 is 23.9 Å². The second kappa shape index (κ2) is 8.34. The van der Waals surface area contributed by atoms with E-state index < -0.39 is 30.7 Å². The van der Waals surface area contributed by atoms with Crippen LogP contribution in [0.5, 0.6) is 0 Å². The van der Waals surface area contributed by atoms with Crippen molar-refractivity contribution in [2.45, 2.75) is 71.8 Å². The highest BCUT2D eigenvalue weighted by Crippen LogP contribution is 2.46. The number of ether oxygens (including phenoxy) is 1. The summed E-state index contributed by atoms with van der Waals surface area (Å²) >= 11 is 0. The molecule has 32 heavy (non-hydrogen) atoms. The minimum atomic E-state index is -0.969. The van der Waals surface area contributed by atoms with E-state index >= 15 is 0 Å². The normalized spacial score (nSPS) is 25.1. The topological polar surface area (TPSA) is 92.8 Å². The molecule has 174 valence electrons. The molecule has 7 nitrogen and oxygen atoms in total. The van der Waals surface area contributed by atoms with Gasteiger partial charge in [-0.2, -0.15) is 0 Å². The molecule has 3 rings (SSSR count). The number of hydrogen-bond acceptors (Lipinski definition) is 5. The predicted molar refractivity (Wildman–Crippen MR) is 120 cm³/mol. The Kier molecular flexibility index (Phi) is 6.24. The SMILES string of the molecule is CC1CC(C)(C)CC2(C1)NC(=O)N(CC(=O)OCC(=O)c1ccc(C(C)(C)C)cc1)C2=O. The Morgan fingerprint density at radius 3 is 2.31 bits per heavy atom. The Balaban J connectivity index is 1.58. The maximum absolute atomic E-state index is 13.1. The number of amides is 3. The number of carbonyl (C=O) groups is 4. The van der Waals surface area contributed by atoms with Crippen LogP contribution in [0.4, 0.5) is 4.79 Å². The molecule has 1 aliphatic heterocycles. The van der Waals surface area contributed by atoms with Crippen LogP contribution < -0.4 is 5.32 Å². The lowest BCUT2D eigenvalue weighted by molar-refractivity contribution is -0.147. The van der Waals surface area contributed by atoms with Gasteiger partial charge in [0.1, 0.15) is 12.1 Å². The summed E-state index contributed by atoms with van der Waals surface area (Å²) in [5, 5.41) is 2.83. The molecule has 2 unspecified atom stereocenters. The Bertz CT molecular complexity index is 929. The summed E-state index contributed by atoms with van der Waals surface area (Å²) in [6.07, 6.45) is 2.05. The molecule has 1 aromatic rings. The lowest BCUT2D eigenvalue weighted by atomic mass is 9.64. The van der Waals surface area contributed by atoms with Gasteiger partial charge < -0.3 is 10.1 Å². The van der Waals surface area contributed by atoms with Crippen molar-refractivity contribution in [1.29, 1.82) is 0 Å². The van der Waals surface area contributed by atoms with E-state index in [2.05, 4.69) is 46.9 Å². The predicted octanol–water partition coefficient (Wildman–Crippen LogP) is 3.85. The van der Waals surface area contributed by atoms with E-state index in [1.54, 1.807) is 12.1 Å². The smallest absolute Gasteiger partial charge is 0.326 e. The number of ketones is 1. The van der Waals surface area contributed by atoms with Gasteiger partial charge in [0.2, 0.25) is 0 Å². The quantitative estimate of drug-likeness (QED) is 0.425. The number of carbonyl (C=O) groups excluding carboxylic acids is 4. The van der Waals surface area contributed by atoms with Crippen LogP contribution in [-0.2, 0) is 19.7 Å². The number of nitrogens with one attached hydrogen (secondary N) is 1. The highest BCUT2D eigenvalue weighted by atomic mass is 16.5. The van der Waals surface area contributed by atoms with Gasteiger partial charge in [-0.15, -0.1) is 0 Å². The molecule has 0 aromatic heterocycles. The molecule has 1 aromatic carbocycles. The van der Waals surface area contributed by atoms with E-state index in [0.717, 1.165) is 16.9 Å². The standard InChI is InChI=1S/C25H34N2O5/c1-16-11-24(5,6)15-25(12-16)21(30)27(22(31)26-25)13-20(29)32-14-19(28)17-7-9-18(10-8-17)23(2,3)4/h7-10,16H,11-15H2,1-6H3,(H,26,31). The molecule has 3 amide bonds. The molecule has 1 saturated carbocycles. The van der Waals surface area contributed by atoms with Crippen LogP contribution in [0.1, 0.15) is 76.7 Å². The van der Waals surface area contributed by atoms with E-state index in [-0.39, 0.29) is 28.4 Å². The van der Waals surface area contributed by atoms with Crippen LogP contribution in [0.25, 0.3) is 0 Å². The average molecular weight is 443 g/mol. The van der Waals surface area contributed by atoms with Crippen molar-refractivity contribution >= 4 is 23.7 Å². The van der Waals surface area contributed by atoms with Crippen LogP contribution >= 0.6 is 0 Å². The van der Waals surface area contributed by atoms with E-state index in [4.69, 9.17) is 4.74 Å². The van der Waals surface area contributed by atoms with E-state index in [0.29, 0.717) is 18.4 Å². The average Bonchev–Trinajstić information content (AvgIpc) is 2.87. The van der Waals surface area contributed by atoms with Crippen LogP contribution in [-0.4, -0.2) is 47.3 Å². The Hall–Kier alpha value is -2.70. The fraction of sp³-hybridized carbons (Fsp3) is 0.600. The summed E-state index contributed by atoms with van der Waals surface area (Å²) < 4.78 is 5.09. The van der Waals surface area contributed by atoms with Crippen molar-refractivity contribution in [2.24, 2.45) is 11.3 Å². The van der Waals surface area contributed by atoms with Gasteiger partial charge in [-0.25, -0.2) is 4.79 Å². The molecule has 0 radical (unpaired) electrons. The van der Waals surface area contributed by atoms with Crippen molar-refractivity contribution in [1.82, 2.24) is 10.2 Å². The van der Waals surface area contributed by atoms with Crippen LogP contribution in [0.15, 0.2) is 24.3 Å². The van der Waals surface area contributed by atoms with Crippen LogP contribution in [0.3, 0.4) is 0 Å². The fourth-order valence-corrected chi connectivity index (χ4v) is 5.21. The molecule has 7 heteroatoms. The molecule has 0 bridgehead atoms. The third-order valence-electron chi connectivity index (χ3n) is 6.35. The van der Waals surface area contributed by atoms with Gasteiger partial charge in [0.05, 0.1) is 0 Å². The van der Waals surface area contributed by atoms with Gasteiger partial charge in [-0.05, 0) is 41.6 Å². The first-order chi connectivity index (χ1) is 14.7. The van der Waals surface area contributed by atoms with E-state index in [1.807, 2.05) is 12.1 Å². The van der Waals surface area contributed by atoms with Crippen molar-refractivity contribution in [3.8, 4) is 0 Å². The third-order valence-corrected chi connectivity index (χ3v) is 6.35. The summed E-state index contributed by atoms with van der Waals surface area (Å²) in [5.41, 5.74) is 0.450. The summed E-state index contributed by atoms with van der Waals surface area (Å²) in [5.74, 6) is -1.23. The Morgan fingerprint density at radius 2 is 1.75 bits per heavy atom. The van der Waals surface area contributed by atoms with Gasteiger partial charge in [0.25, 0.3) is 5.91 Å². The molecule has 1 heterocycles. The third kappa shape index (κ3) is 5.03. The lowest BCUT2D eigenvalue weighted by Gasteiger charge is -2.43. The van der Waals surface area contributed by atoms with Gasteiger partial charge in [-0.1, -0.05) is 65.8 Å². The number of imide groups is 1. The number of benzene rings is 1. The monoisotopic (exact) mass is 442 g/mol. The van der Waals surface area contributed by atoms with E-state index in [1.165, 1.54) is 0 Å². The van der Waals surface area contributed by atoms with Gasteiger partial charge in [-0.3, -0.25) is 19.3 Å². The summed E-state index contributed by atoms with van der Waals surface area (Å²) in [7, 11) is 0. The number of esters is 1. The van der Waals surface area contributed by atoms with Gasteiger partial charge >= 0.3 is 12.0 Å². The maximum Gasteiger partial charge on any atom is 0.326 e. The van der Waals surface area contributed by atoms with Crippen molar-refractivity contribution in [3.05, 3.63) is 35.4 Å². The van der Waals surface area contributed by atoms with E-state index in [9.17, 15) is 19.2 Å². The first-order valence-corrected chi connectivity index (χ1v) is 11.2. The van der Waals surface area contributed by atoms with Crippen LogP contribution in [0.2, 0.25) is 0 Å². The molecule has 1 spiro atoms. The summed E-state index contributed by atoms with van der Waals surface area (Å²) in [6, 6.07) is 6.61. The summed E-state index contributed by atoms with van der Waals surface area (Å²) in [4.78, 5) is 51.2. The first kappa shape index (κ1) is 24.0. The number of hydrogen-bond donors (Lipinski definition) is 1. The molecule has 1 aliphatic carbocycles. The Morgan fingerprint density at radius 1 is 1.12 bits per heavy atom. The molecular weight excluding hydrogens is 408 g/mol. The number of urea groups is 1. The molecule has 2 atom stereocenters. The molecule has 2 fully saturated rings. The fourth-order valence-electron chi connectivity index (χ4n) is 5.21. The highest BCUT2D eigenvalue weighted by molar-refractivity contribution is 6.09. The molecule has 1 saturated heterocycles. The summed E-state index contributed by atoms with van der Waals surface area (Å²) in [6.45, 7) is 11.5. The zero-order valence-corrected chi connectivity index (χ0v) is 19.9. The molecule has 1 N–H and O–H groups in total. The largest absolute Gasteiger partial charge is 0.456 e. The minimum Gasteiger partial charge on any atom is -0.456 e. The number of Topliss-reactive ketones (excluding diaryl/α,β-unsaturated/α-hetero) is 1. The Labute approximate surface area is 189 Å². The number of rotatable bonds is 5. The van der Waals surface area contributed by atoms with Gasteiger partial charge in [0, 0.05) is 5.56 Å². The molecule has 2 aliphatic rings. The lowest BCUT2D eigenvalue weighted by Crippen LogP contribution is -2.54. The second-order valence-corrected chi connectivity index (χ2v) is 11.2. The zero-order valence-electron chi connectivity index (χ0n) is 19.9. The van der Waals surface area contributed by atoms with Crippen LogP contribution in [0, 0.1) is 11.3 Å². The first-order valence-electron chi connectivity index (χ1n) is 11.2. The maximum atomic E-state index is 13.1. The highest BCUT2D eigenvalue weighted by Gasteiger charge is 2.56. The minimum absolute atomic E-state index is 0.0282. The number of nitrogens with zero attached hydrogens (tertiary/aromatic N) is 1. The zero-order chi connectivity index (χ0) is 23.9. The van der Waals surface area contributed by atoms with Crippen molar-refractivity contribution in [3.63, 3.8) is 0 Å².